The van der Waals surface area contributed by atoms with Crippen LogP contribution in [0.5, 0.6) is 0 Å². The summed E-state index contributed by atoms with van der Waals surface area (Å²) < 4.78 is 5.92. The summed E-state index contributed by atoms with van der Waals surface area (Å²) in [6.45, 7) is 9.25. The zero-order valence-electron chi connectivity index (χ0n) is 21.6. The van der Waals surface area contributed by atoms with Crippen LogP contribution in [0.25, 0.3) is 0 Å². The SMILES string of the molecule is CC[C@H](C)[C@H](NC(=O)[C@H]1CCCCN1C)C(=O)N[C@@H]1CCO[C@@H](c2nc(C(=O)NC(C)C)cs2)C1. The summed E-state index contributed by atoms with van der Waals surface area (Å²) in [6.07, 6.45) is 4.75. The van der Waals surface area contributed by atoms with E-state index < -0.39 is 6.04 Å². The molecule has 0 spiro atoms. The number of likely N-dealkylation sites (tertiary alicyclic amines) is 1. The fraction of sp³-hybridized carbons (Fsp3) is 0.760. The molecule has 0 aliphatic carbocycles. The van der Waals surface area contributed by atoms with Crippen molar-refractivity contribution in [3.05, 3.63) is 16.1 Å². The van der Waals surface area contributed by atoms with Gasteiger partial charge in [0.25, 0.3) is 5.91 Å². The highest BCUT2D eigenvalue weighted by Crippen LogP contribution is 2.30. The zero-order chi connectivity index (χ0) is 25.5. The summed E-state index contributed by atoms with van der Waals surface area (Å²) in [5.74, 6) is -0.385. The number of carbonyl (C=O) groups is 3. The smallest absolute Gasteiger partial charge is 0.270 e. The molecule has 3 amide bonds. The zero-order valence-corrected chi connectivity index (χ0v) is 22.5. The van der Waals surface area contributed by atoms with E-state index in [2.05, 4.69) is 25.8 Å². The number of nitrogens with one attached hydrogen (secondary N) is 3. The molecule has 0 saturated carbocycles. The van der Waals surface area contributed by atoms with Crippen LogP contribution >= 0.6 is 11.3 Å². The highest BCUT2D eigenvalue weighted by molar-refractivity contribution is 7.09. The second-order valence-corrected chi connectivity index (χ2v) is 11.0. The van der Waals surface area contributed by atoms with Gasteiger partial charge in [-0.1, -0.05) is 26.7 Å². The minimum Gasteiger partial charge on any atom is -0.371 e. The summed E-state index contributed by atoms with van der Waals surface area (Å²) in [7, 11) is 1.97. The highest BCUT2D eigenvalue weighted by atomic mass is 32.1. The maximum Gasteiger partial charge on any atom is 0.270 e. The van der Waals surface area contributed by atoms with E-state index in [4.69, 9.17) is 4.74 Å². The van der Waals surface area contributed by atoms with Crippen LogP contribution in [0.2, 0.25) is 0 Å². The van der Waals surface area contributed by atoms with E-state index in [1.165, 1.54) is 11.3 Å². The number of carbonyl (C=O) groups excluding carboxylic acids is 3. The Morgan fingerprint density at radius 2 is 1.97 bits per heavy atom. The quantitative estimate of drug-likeness (QED) is 0.474. The van der Waals surface area contributed by atoms with Gasteiger partial charge in [0, 0.05) is 30.5 Å². The van der Waals surface area contributed by atoms with Crippen LogP contribution in [0.3, 0.4) is 0 Å². The maximum absolute atomic E-state index is 13.3. The Balaban J connectivity index is 1.61. The predicted octanol–water partition coefficient (Wildman–Crippen LogP) is 2.63. The monoisotopic (exact) mass is 507 g/mol. The summed E-state index contributed by atoms with van der Waals surface area (Å²) in [6, 6.07) is -0.799. The Bertz CT molecular complexity index is 876. The molecule has 0 bridgehead atoms. The molecule has 2 aliphatic heterocycles. The number of amides is 3. The second kappa shape index (κ2) is 12.8. The number of aromatic nitrogens is 1. The van der Waals surface area contributed by atoms with Gasteiger partial charge >= 0.3 is 0 Å². The number of hydrogen-bond acceptors (Lipinski definition) is 7. The lowest BCUT2D eigenvalue weighted by Gasteiger charge is -2.34. The van der Waals surface area contributed by atoms with E-state index in [1.54, 1.807) is 5.38 Å². The number of rotatable bonds is 9. The molecular formula is C25H41N5O4S. The molecule has 3 rings (SSSR count). The van der Waals surface area contributed by atoms with E-state index in [9.17, 15) is 14.4 Å². The van der Waals surface area contributed by atoms with Gasteiger partial charge in [-0.3, -0.25) is 19.3 Å². The van der Waals surface area contributed by atoms with Crippen LogP contribution in [0.1, 0.15) is 87.8 Å². The number of nitrogens with zero attached hydrogens (tertiary/aromatic N) is 2. The molecule has 196 valence electrons. The van der Waals surface area contributed by atoms with E-state index in [-0.39, 0.29) is 47.9 Å². The minimum absolute atomic E-state index is 0.0180. The maximum atomic E-state index is 13.3. The van der Waals surface area contributed by atoms with Gasteiger partial charge in [-0.2, -0.15) is 0 Å². The average Bonchev–Trinajstić information content (AvgIpc) is 3.32. The van der Waals surface area contributed by atoms with Crippen LogP contribution in [0, 0.1) is 5.92 Å². The predicted molar refractivity (Wildman–Crippen MR) is 136 cm³/mol. The Labute approximate surface area is 212 Å². The van der Waals surface area contributed by atoms with Gasteiger partial charge < -0.3 is 20.7 Å². The second-order valence-electron chi connectivity index (χ2n) is 10.2. The van der Waals surface area contributed by atoms with Crippen molar-refractivity contribution in [1.29, 1.82) is 0 Å². The molecule has 3 heterocycles. The average molecular weight is 508 g/mol. The van der Waals surface area contributed by atoms with Gasteiger partial charge in [-0.05, 0) is 52.6 Å². The highest BCUT2D eigenvalue weighted by Gasteiger charge is 2.34. The molecule has 0 radical (unpaired) electrons. The summed E-state index contributed by atoms with van der Waals surface area (Å²) in [5, 5.41) is 11.5. The van der Waals surface area contributed by atoms with Gasteiger partial charge in [0.05, 0.1) is 6.04 Å². The fourth-order valence-electron chi connectivity index (χ4n) is 4.62. The molecule has 2 saturated heterocycles. The molecule has 3 N–H and O–H groups in total. The van der Waals surface area contributed by atoms with Crippen molar-refractivity contribution in [3.8, 4) is 0 Å². The third kappa shape index (κ3) is 7.47. The third-order valence-corrected chi connectivity index (χ3v) is 7.88. The molecular weight excluding hydrogens is 466 g/mol. The van der Waals surface area contributed by atoms with Gasteiger partial charge in [0.2, 0.25) is 11.8 Å². The standard InChI is InChI=1S/C25H41N5O4S/c1-6-16(4)21(29-23(32)19-9-7-8-11-30(19)5)24(33)27-17-10-12-34-20(13-17)25-28-18(14-35-25)22(31)26-15(2)3/h14-17,19-21H,6-13H2,1-5H3,(H,26,31)(H,27,33)(H,29,32)/t16-,17+,19+,20+,21-/m0/s1. The van der Waals surface area contributed by atoms with Gasteiger partial charge in [0.15, 0.2) is 0 Å². The van der Waals surface area contributed by atoms with Crippen LogP contribution in [0.4, 0.5) is 0 Å². The lowest BCUT2D eigenvalue weighted by Crippen LogP contribution is -2.57. The Hall–Kier alpha value is -2.04. The van der Waals surface area contributed by atoms with Crippen molar-refractivity contribution in [1.82, 2.24) is 25.8 Å². The topological polar surface area (TPSA) is 113 Å². The molecule has 1 aromatic rings. The summed E-state index contributed by atoms with van der Waals surface area (Å²) in [4.78, 5) is 45.1. The lowest BCUT2D eigenvalue weighted by molar-refractivity contribution is -0.134. The summed E-state index contributed by atoms with van der Waals surface area (Å²) in [5.41, 5.74) is 0.390. The largest absolute Gasteiger partial charge is 0.371 e. The van der Waals surface area contributed by atoms with Crippen LogP contribution in [0.15, 0.2) is 5.38 Å². The van der Waals surface area contributed by atoms with E-state index >= 15 is 0 Å². The number of ether oxygens (including phenoxy) is 1. The van der Waals surface area contributed by atoms with Gasteiger partial charge in [-0.15, -0.1) is 11.3 Å². The third-order valence-electron chi connectivity index (χ3n) is 6.95. The molecule has 5 atom stereocenters. The van der Waals surface area contributed by atoms with Crippen molar-refractivity contribution < 1.29 is 19.1 Å². The Morgan fingerprint density at radius 1 is 1.20 bits per heavy atom. The van der Waals surface area contributed by atoms with Crippen LogP contribution in [-0.4, -0.2) is 72.0 Å². The molecule has 2 aliphatic rings. The molecule has 1 aromatic heterocycles. The molecule has 2 fully saturated rings. The molecule has 10 heteroatoms. The first-order valence-corrected chi connectivity index (χ1v) is 13.8. The molecule has 35 heavy (non-hydrogen) atoms. The number of likely N-dealkylation sites (N-methyl/N-ethyl adjacent to an activating group) is 1. The first kappa shape index (κ1) is 27.5. The van der Waals surface area contributed by atoms with Crippen LogP contribution < -0.4 is 16.0 Å². The van der Waals surface area contributed by atoms with Crippen LogP contribution in [-0.2, 0) is 14.3 Å². The molecule has 0 unspecified atom stereocenters. The fourth-order valence-corrected chi connectivity index (χ4v) is 5.48. The van der Waals surface area contributed by atoms with Gasteiger partial charge in [0.1, 0.15) is 22.8 Å². The number of thiazole rings is 1. The first-order valence-electron chi connectivity index (χ1n) is 12.9. The lowest BCUT2D eigenvalue weighted by atomic mass is 9.95. The molecule has 9 nitrogen and oxygen atoms in total. The van der Waals surface area contributed by atoms with E-state index in [1.807, 2.05) is 34.7 Å². The van der Waals surface area contributed by atoms with E-state index in [0.717, 1.165) is 37.2 Å². The van der Waals surface area contributed by atoms with Crippen molar-refractivity contribution in [2.75, 3.05) is 20.2 Å². The molecule has 0 aromatic carbocycles. The number of hydrogen-bond donors (Lipinski definition) is 3. The van der Waals surface area contributed by atoms with Crippen molar-refractivity contribution >= 4 is 29.1 Å². The Kier molecular flexibility index (Phi) is 10.1. The first-order chi connectivity index (χ1) is 16.7. The minimum atomic E-state index is -0.574. The van der Waals surface area contributed by atoms with Crippen molar-refractivity contribution in [2.24, 2.45) is 5.92 Å². The normalized spacial score (nSPS) is 25.0. The Morgan fingerprint density at radius 3 is 2.66 bits per heavy atom. The van der Waals surface area contributed by atoms with Crippen molar-refractivity contribution in [2.45, 2.75) is 96.5 Å². The van der Waals surface area contributed by atoms with Gasteiger partial charge in [-0.25, -0.2) is 4.98 Å². The summed E-state index contributed by atoms with van der Waals surface area (Å²) >= 11 is 1.40. The number of piperidine rings is 1. The van der Waals surface area contributed by atoms with Crippen molar-refractivity contribution in [3.63, 3.8) is 0 Å². The van der Waals surface area contributed by atoms with E-state index in [0.29, 0.717) is 25.1 Å².